The summed E-state index contributed by atoms with van der Waals surface area (Å²) in [6.07, 6.45) is 0.595. The van der Waals surface area contributed by atoms with E-state index in [1.165, 1.54) is 12.1 Å². The third kappa shape index (κ3) is 2.87. The predicted octanol–water partition coefficient (Wildman–Crippen LogP) is 1.91. The van der Waals surface area contributed by atoms with Crippen LogP contribution in [0.25, 0.3) is 0 Å². The molecule has 2 rings (SSSR count). The van der Waals surface area contributed by atoms with Crippen molar-refractivity contribution in [3.63, 3.8) is 0 Å². The van der Waals surface area contributed by atoms with Crippen molar-refractivity contribution in [3.8, 4) is 0 Å². The lowest BCUT2D eigenvalue weighted by Gasteiger charge is -2.14. The largest absolute Gasteiger partial charge is 0.397 e. The molecule has 0 saturated carbocycles. The van der Waals surface area contributed by atoms with Gasteiger partial charge in [-0.15, -0.1) is 0 Å². The van der Waals surface area contributed by atoms with Crippen LogP contribution >= 0.6 is 11.6 Å². The topological polar surface area (TPSA) is 72.2 Å². The molecule has 1 unspecified atom stereocenters. The molecule has 1 saturated heterocycles. The number of hydrogen-bond donors (Lipinski definition) is 2. The number of hydrogen-bond acceptors (Lipinski definition) is 4. The van der Waals surface area contributed by atoms with E-state index in [2.05, 4.69) is 5.32 Å². The van der Waals surface area contributed by atoms with Gasteiger partial charge in [-0.05, 0) is 24.5 Å². The maximum Gasteiger partial charge on any atom is 0.166 e. The molecule has 7 heteroatoms. The van der Waals surface area contributed by atoms with Gasteiger partial charge in [-0.3, -0.25) is 0 Å². The zero-order valence-corrected chi connectivity index (χ0v) is 11.2. The van der Waals surface area contributed by atoms with Crippen molar-refractivity contribution in [1.82, 2.24) is 0 Å². The lowest BCUT2D eigenvalue weighted by Crippen LogP contribution is -2.17. The molecule has 4 nitrogen and oxygen atoms in total. The first-order valence-corrected chi connectivity index (χ1v) is 7.77. The number of nitrogen functional groups attached to an aromatic ring is 1. The van der Waals surface area contributed by atoms with Crippen molar-refractivity contribution < 1.29 is 12.8 Å². The van der Waals surface area contributed by atoms with Gasteiger partial charge < -0.3 is 11.1 Å². The maximum atomic E-state index is 13.7. The minimum atomic E-state index is -2.92. The van der Waals surface area contributed by atoms with Crippen molar-refractivity contribution >= 4 is 32.8 Å². The van der Waals surface area contributed by atoms with Gasteiger partial charge in [0.05, 0.1) is 27.9 Å². The van der Waals surface area contributed by atoms with Crippen LogP contribution in [0.3, 0.4) is 0 Å². The second-order valence-electron chi connectivity index (χ2n) is 4.48. The van der Waals surface area contributed by atoms with E-state index in [0.717, 1.165) is 0 Å². The molecule has 0 spiro atoms. The predicted molar refractivity (Wildman–Crippen MR) is 71.1 cm³/mol. The van der Waals surface area contributed by atoms with E-state index in [0.29, 0.717) is 13.0 Å². The zero-order chi connectivity index (χ0) is 13.3. The van der Waals surface area contributed by atoms with Crippen LogP contribution in [0.4, 0.5) is 15.8 Å². The summed E-state index contributed by atoms with van der Waals surface area (Å²) in [6, 6.07) is 2.90. The van der Waals surface area contributed by atoms with E-state index in [9.17, 15) is 12.8 Å². The monoisotopic (exact) mass is 292 g/mol. The molecule has 18 heavy (non-hydrogen) atoms. The van der Waals surface area contributed by atoms with Gasteiger partial charge in [-0.1, -0.05) is 11.6 Å². The number of anilines is 2. The Bertz CT molecular complexity index is 562. The molecule has 0 aliphatic carbocycles. The van der Waals surface area contributed by atoms with Gasteiger partial charge >= 0.3 is 0 Å². The molecule has 0 bridgehead atoms. The summed E-state index contributed by atoms with van der Waals surface area (Å²) in [5.74, 6) is -0.264. The minimum Gasteiger partial charge on any atom is -0.397 e. The minimum absolute atomic E-state index is 0.00668. The normalized spacial score (nSPS) is 22.0. The Balaban J connectivity index is 2.05. The highest BCUT2D eigenvalue weighted by Crippen LogP contribution is 2.29. The van der Waals surface area contributed by atoms with E-state index in [1.54, 1.807) is 0 Å². The third-order valence-electron chi connectivity index (χ3n) is 3.02. The van der Waals surface area contributed by atoms with Crippen molar-refractivity contribution in [2.75, 3.05) is 29.1 Å². The SMILES string of the molecule is Nc1ccc(Cl)c(F)c1NCC1CCS(=O)(=O)C1. The first-order chi connectivity index (χ1) is 8.39. The van der Waals surface area contributed by atoms with E-state index in [-0.39, 0.29) is 33.8 Å². The average Bonchev–Trinajstić information content (AvgIpc) is 2.64. The second kappa shape index (κ2) is 4.93. The summed E-state index contributed by atoms with van der Waals surface area (Å²) < 4.78 is 36.3. The number of rotatable bonds is 3. The van der Waals surface area contributed by atoms with E-state index < -0.39 is 15.7 Å². The molecule has 1 aromatic carbocycles. The summed E-state index contributed by atoms with van der Waals surface area (Å²) >= 11 is 5.66. The summed E-state index contributed by atoms with van der Waals surface area (Å²) in [7, 11) is -2.92. The summed E-state index contributed by atoms with van der Waals surface area (Å²) in [4.78, 5) is 0. The Morgan fingerprint density at radius 2 is 2.22 bits per heavy atom. The standard InChI is InChI=1S/C11H14ClFN2O2S/c12-8-1-2-9(14)11(10(8)13)15-5-7-3-4-18(16,17)6-7/h1-2,7,15H,3-6,14H2. The molecule has 1 atom stereocenters. The third-order valence-corrected chi connectivity index (χ3v) is 5.15. The first-order valence-electron chi connectivity index (χ1n) is 5.57. The highest BCUT2D eigenvalue weighted by molar-refractivity contribution is 7.91. The first kappa shape index (κ1) is 13.4. The number of halogens is 2. The van der Waals surface area contributed by atoms with Gasteiger partial charge in [0.25, 0.3) is 0 Å². The number of nitrogens with one attached hydrogen (secondary N) is 1. The van der Waals surface area contributed by atoms with Gasteiger partial charge in [-0.25, -0.2) is 12.8 Å². The van der Waals surface area contributed by atoms with Crippen LogP contribution in [0.2, 0.25) is 5.02 Å². The van der Waals surface area contributed by atoms with Gasteiger partial charge in [0, 0.05) is 6.54 Å². The van der Waals surface area contributed by atoms with Crippen LogP contribution in [-0.4, -0.2) is 26.5 Å². The van der Waals surface area contributed by atoms with Gasteiger partial charge in [0.15, 0.2) is 15.7 Å². The van der Waals surface area contributed by atoms with Crippen molar-refractivity contribution in [3.05, 3.63) is 23.0 Å². The molecule has 0 amide bonds. The van der Waals surface area contributed by atoms with Gasteiger partial charge in [-0.2, -0.15) is 0 Å². The molecule has 1 aliphatic rings. The van der Waals surface area contributed by atoms with Crippen LogP contribution in [0, 0.1) is 11.7 Å². The van der Waals surface area contributed by atoms with Gasteiger partial charge in [0.2, 0.25) is 0 Å². The zero-order valence-electron chi connectivity index (χ0n) is 9.62. The lowest BCUT2D eigenvalue weighted by molar-refractivity contribution is 0.594. The Labute approximate surface area is 110 Å². The van der Waals surface area contributed by atoms with E-state index in [1.807, 2.05) is 0 Å². The van der Waals surface area contributed by atoms with Gasteiger partial charge in [0.1, 0.15) is 0 Å². The van der Waals surface area contributed by atoms with Crippen LogP contribution in [0.5, 0.6) is 0 Å². The van der Waals surface area contributed by atoms with Crippen LogP contribution in [0.15, 0.2) is 12.1 Å². The number of sulfone groups is 1. The van der Waals surface area contributed by atoms with Crippen LogP contribution in [0.1, 0.15) is 6.42 Å². The number of benzene rings is 1. The van der Waals surface area contributed by atoms with E-state index in [4.69, 9.17) is 17.3 Å². The fraction of sp³-hybridized carbons (Fsp3) is 0.455. The maximum absolute atomic E-state index is 13.7. The molecule has 3 N–H and O–H groups in total. The molecule has 1 fully saturated rings. The Hall–Kier alpha value is -1.01. The smallest absolute Gasteiger partial charge is 0.166 e. The molecular formula is C11H14ClFN2O2S. The fourth-order valence-electron chi connectivity index (χ4n) is 2.02. The van der Waals surface area contributed by atoms with Crippen molar-refractivity contribution in [2.45, 2.75) is 6.42 Å². The Morgan fingerprint density at radius 3 is 2.83 bits per heavy atom. The molecule has 1 aliphatic heterocycles. The van der Waals surface area contributed by atoms with Crippen molar-refractivity contribution in [2.24, 2.45) is 5.92 Å². The summed E-state index contributed by atoms with van der Waals surface area (Å²) in [5.41, 5.74) is 6.06. The molecule has 1 heterocycles. The molecule has 1 aromatic rings. The summed E-state index contributed by atoms with van der Waals surface area (Å²) in [6.45, 7) is 0.376. The second-order valence-corrected chi connectivity index (χ2v) is 7.11. The van der Waals surface area contributed by atoms with E-state index >= 15 is 0 Å². The Morgan fingerprint density at radius 1 is 1.50 bits per heavy atom. The fourth-order valence-corrected chi connectivity index (χ4v) is 4.04. The highest BCUT2D eigenvalue weighted by Gasteiger charge is 2.27. The van der Waals surface area contributed by atoms with Crippen LogP contribution < -0.4 is 11.1 Å². The molecule has 100 valence electrons. The average molecular weight is 293 g/mol. The number of nitrogens with two attached hydrogens (primary N) is 1. The molecule has 0 aromatic heterocycles. The lowest BCUT2D eigenvalue weighted by atomic mass is 10.1. The van der Waals surface area contributed by atoms with Crippen molar-refractivity contribution in [1.29, 1.82) is 0 Å². The highest BCUT2D eigenvalue weighted by atomic mass is 35.5. The van der Waals surface area contributed by atoms with Crippen LogP contribution in [-0.2, 0) is 9.84 Å². The molecular weight excluding hydrogens is 279 g/mol. The molecule has 0 radical (unpaired) electrons. The Kier molecular flexibility index (Phi) is 3.68. The summed E-state index contributed by atoms with van der Waals surface area (Å²) in [5, 5.41) is 2.84. The quantitative estimate of drug-likeness (QED) is 0.835.